The molecule has 1 aliphatic heterocycles. The molecule has 1 aliphatic rings. The summed E-state index contributed by atoms with van der Waals surface area (Å²) in [7, 11) is 2.04. The van der Waals surface area contributed by atoms with Crippen molar-refractivity contribution in [3.63, 3.8) is 0 Å². The van der Waals surface area contributed by atoms with Crippen LogP contribution in [0.5, 0.6) is 0 Å². The summed E-state index contributed by atoms with van der Waals surface area (Å²) in [5.41, 5.74) is 0. The van der Waals surface area contributed by atoms with Crippen LogP contribution in [0.2, 0.25) is 0 Å². The average molecular weight is 213 g/mol. The van der Waals surface area contributed by atoms with Crippen LogP contribution < -0.4 is 5.32 Å². The largest absolute Gasteiger partial charge is 0.378 e. The number of rotatable bonds is 7. The third kappa shape index (κ3) is 4.98. The molecule has 0 aromatic carbocycles. The maximum absolute atomic E-state index is 5.88. The third-order valence-electron chi connectivity index (χ3n) is 3.39. The van der Waals surface area contributed by atoms with Crippen molar-refractivity contribution in [2.45, 2.75) is 58.0 Å². The van der Waals surface area contributed by atoms with Gasteiger partial charge in [0.2, 0.25) is 0 Å². The second-order valence-corrected chi connectivity index (χ2v) is 4.72. The van der Waals surface area contributed by atoms with E-state index in [9.17, 15) is 0 Å². The summed E-state index contributed by atoms with van der Waals surface area (Å²) >= 11 is 0. The minimum Gasteiger partial charge on any atom is -0.378 e. The summed E-state index contributed by atoms with van der Waals surface area (Å²) in [6.07, 6.45) is 9.82. The van der Waals surface area contributed by atoms with Gasteiger partial charge in [-0.05, 0) is 32.2 Å². The fourth-order valence-electron chi connectivity index (χ4n) is 2.49. The summed E-state index contributed by atoms with van der Waals surface area (Å²) in [6.45, 7) is 4.37. The lowest BCUT2D eigenvalue weighted by atomic mass is 9.90. The van der Waals surface area contributed by atoms with E-state index < -0.39 is 0 Å². The molecule has 1 fully saturated rings. The second kappa shape index (κ2) is 8.12. The van der Waals surface area contributed by atoms with E-state index in [-0.39, 0.29) is 0 Å². The van der Waals surface area contributed by atoms with Crippen LogP contribution in [0.15, 0.2) is 0 Å². The van der Waals surface area contributed by atoms with Gasteiger partial charge >= 0.3 is 0 Å². The Morgan fingerprint density at radius 3 is 2.87 bits per heavy atom. The minimum atomic E-state index is 0.531. The van der Waals surface area contributed by atoms with E-state index in [0.717, 1.165) is 19.1 Å². The van der Waals surface area contributed by atoms with Gasteiger partial charge in [-0.15, -0.1) is 0 Å². The molecular weight excluding hydrogens is 186 g/mol. The van der Waals surface area contributed by atoms with E-state index in [2.05, 4.69) is 12.2 Å². The Hall–Kier alpha value is -0.0800. The quantitative estimate of drug-likeness (QED) is 0.656. The normalized spacial score (nSPS) is 26.8. The summed E-state index contributed by atoms with van der Waals surface area (Å²) in [6, 6.07) is 0. The van der Waals surface area contributed by atoms with Gasteiger partial charge in [0, 0.05) is 13.2 Å². The van der Waals surface area contributed by atoms with Gasteiger partial charge in [0.1, 0.15) is 0 Å². The predicted molar refractivity (Wildman–Crippen MR) is 65.1 cm³/mol. The Labute approximate surface area is 94.8 Å². The summed E-state index contributed by atoms with van der Waals surface area (Å²) in [4.78, 5) is 0. The van der Waals surface area contributed by atoms with E-state index in [1.165, 1.54) is 44.9 Å². The average Bonchev–Trinajstić information content (AvgIpc) is 2.27. The van der Waals surface area contributed by atoms with Crippen molar-refractivity contribution in [2.24, 2.45) is 5.92 Å². The molecule has 90 valence electrons. The zero-order valence-corrected chi connectivity index (χ0v) is 10.4. The molecule has 2 heteroatoms. The van der Waals surface area contributed by atoms with Crippen molar-refractivity contribution in [3.05, 3.63) is 0 Å². The molecule has 2 nitrogen and oxygen atoms in total. The number of unbranched alkanes of at least 4 members (excludes halogenated alkanes) is 3. The van der Waals surface area contributed by atoms with E-state index in [1.54, 1.807) is 0 Å². The summed E-state index contributed by atoms with van der Waals surface area (Å²) in [5.74, 6) is 0.755. The topological polar surface area (TPSA) is 21.3 Å². The highest BCUT2D eigenvalue weighted by atomic mass is 16.5. The van der Waals surface area contributed by atoms with Gasteiger partial charge in [0.25, 0.3) is 0 Å². The van der Waals surface area contributed by atoms with Gasteiger partial charge in [-0.3, -0.25) is 0 Å². The van der Waals surface area contributed by atoms with Gasteiger partial charge in [0.05, 0.1) is 6.10 Å². The fraction of sp³-hybridized carbons (Fsp3) is 1.00. The lowest BCUT2D eigenvalue weighted by Gasteiger charge is -2.31. The molecule has 2 unspecified atom stereocenters. The number of hydrogen-bond donors (Lipinski definition) is 1. The second-order valence-electron chi connectivity index (χ2n) is 4.72. The zero-order valence-electron chi connectivity index (χ0n) is 10.4. The van der Waals surface area contributed by atoms with Crippen LogP contribution in [-0.2, 0) is 4.74 Å². The van der Waals surface area contributed by atoms with Crippen molar-refractivity contribution < 1.29 is 4.74 Å². The van der Waals surface area contributed by atoms with Crippen LogP contribution >= 0.6 is 0 Å². The fourth-order valence-corrected chi connectivity index (χ4v) is 2.49. The molecule has 0 aromatic heterocycles. The number of hydrogen-bond acceptors (Lipinski definition) is 2. The maximum atomic E-state index is 5.88. The molecule has 2 atom stereocenters. The van der Waals surface area contributed by atoms with E-state index >= 15 is 0 Å². The van der Waals surface area contributed by atoms with E-state index in [0.29, 0.717) is 6.10 Å². The Morgan fingerprint density at radius 1 is 1.27 bits per heavy atom. The molecule has 0 aliphatic carbocycles. The van der Waals surface area contributed by atoms with Crippen LogP contribution in [0, 0.1) is 5.92 Å². The van der Waals surface area contributed by atoms with Crippen molar-refractivity contribution in [1.82, 2.24) is 5.32 Å². The van der Waals surface area contributed by atoms with Crippen LogP contribution in [0.25, 0.3) is 0 Å². The highest BCUT2D eigenvalue weighted by Crippen LogP contribution is 2.24. The highest BCUT2D eigenvalue weighted by molar-refractivity contribution is 4.76. The molecule has 0 radical (unpaired) electrons. The number of nitrogens with one attached hydrogen (secondary N) is 1. The maximum Gasteiger partial charge on any atom is 0.0615 e. The van der Waals surface area contributed by atoms with E-state index in [1.807, 2.05) is 7.05 Å². The standard InChI is InChI=1S/C13H27NO/c1-3-4-5-6-9-13-12(11-14-2)8-7-10-15-13/h12-14H,3-11H2,1-2H3. The van der Waals surface area contributed by atoms with Crippen LogP contribution in [0.3, 0.4) is 0 Å². The minimum absolute atomic E-state index is 0.531. The third-order valence-corrected chi connectivity index (χ3v) is 3.39. The first-order chi connectivity index (χ1) is 7.38. The molecular formula is C13H27NO. The van der Waals surface area contributed by atoms with Gasteiger partial charge < -0.3 is 10.1 Å². The highest BCUT2D eigenvalue weighted by Gasteiger charge is 2.24. The molecule has 1 saturated heterocycles. The molecule has 0 bridgehead atoms. The Balaban J connectivity index is 2.17. The number of ether oxygens (including phenoxy) is 1. The van der Waals surface area contributed by atoms with Crippen molar-refractivity contribution in [2.75, 3.05) is 20.2 Å². The molecule has 0 amide bonds. The monoisotopic (exact) mass is 213 g/mol. The van der Waals surface area contributed by atoms with Gasteiger partial charge in [-0.2, -0.15) is 0 Å². The van der Waals surface area contributed by atoms with Gasteiger partial charge in [0.15, 0.2) is 0 Å². The van der Waals surface area contributed by atoms with Crippen molar-refractivity contribution in [1.29, 1.82) is 0 Å². The van der Waals surface area contributed by atoms with Crippen LogP contribution in [0.4, 0.5) is 0 Å². The lowest BCUT2D eigenvalue weighted by Crippen LogP contribution is -2.35. The van der Waals surface area contributed by atoms with Crippen LogP contribution in [0.1, 0.15) is 51.9 Å². The first kappa shape index (κ1) is 13.0. The Morgan fingerprint density at radius 2 is 2.13 bits per heavy atom. The van der Waals surface area contributed by atoms with Gasteiger partial charge in [-0.25, -0.2) is 0 Å². The molecule has 1 N–H and O–H groups in total. The smallest absolute Gasteiger partial charge is 0.0615 e. The van der Waals surface area contributed by atoms with E-state index in [4.69, 9.17) is 4.74 Å². The SMILES string of the molecule is CCCCCCC1OCCCC1CNC. The summed E-state index contributed by atoms with van der Waals surface area (Å²) in [5, 5.41) is 3.29. The summed E-state index contributed by atoms with van der Waals surface area (Å²) < 4.78 is 5.88. The Bertz CT molecular complexity index is 147. The van der Waals surface area contributed by atoms with Crippen molar-refractivity contribution >= 4 is 0 Å². The molecule has 0 aromatic rings. The zero-order chi connectivity index (χ0) is 10.9. The molecule has 0 saturated carbocycles. The predicted octanol–water partition coefficient (Wildman–Crippen LogP) is 2.97. The molecule has 1 rings (SSSR count). The van der Waals surface area contributed by atoms with Crippen molar-refractivity contribution in [3.8, 4) is 0 Å². The Kier molecular flexibility index (Phi) is 7.03. The lowest BCUT2D eigenvalue weighted by molar-refractivity contribution is -0.0308. The van der Waals surface area contributed by atoms with Crippen LogP contribution in [-0.4, -0.2) is 26.3 Å². The first-order valence-electron chi connectivity index (χ1n) is 6.64. The molecule has 0 spiro atoms. The molecule has 15 heavy (non-hydrogen) atoms. The van der Waals surface area contributed by atoms with Gasteiger partial charge in [-0.1, -0.05) is 32.6 Å². The molecule has 1 heterocycles. The first-order valence-corrected chi connectivity index (χ1v) is 6.64.